The van der Waals surface area contributed by atoms with E-state index in [0.717, 1.165) is 36.8 Å². The molecule has 27 heavy (non-hydrogen) atoms. The summed E-state index contributed by atoms with van der Waals surface area (Å²) in [6.45, 7) is 2.51. The molecule has 1 aromatic rings. The summed E-state index contributed by atoms with van der Waals surface area (Å²) < 4.78 is 0. The Morgan fingerprint density at radius 2 is 2.04 bits per heavy atom. The predicted molar refractivity (Wildman–Crippen MR) is 101 cm³/mol. The molecule has 2 unspecified atom stereocenters. The lowest BCUT2D eigenvalue weighted by atomic mass is 9.97. The topological polar surface area (TPSA) is 86.7 Å². The van der Waals surface area contributed by atoms with Crippen molar-refractivity contribution in [2.24, 2.45) is 11.8 Å². The quantitative estimate of drug-likeness (QED) is 0.768. The molecule has 0 aromatic heterocycles. The number of carbonyl (C=O) groups is 3. The van der Waals surface area contributed by atoms with Gasteiger partial charge in [0.15, 0.2) is 0 Å². The Labute approximate surface area is 159 Å². The van der Waals surface area contributed by atoms with Crippen LogP contribution < -0.4 is 5.32 Å². The van der Waals surface area contributed by atoms with Crippen molar-refractivity contribution in [2.45, 2.75) is 51.5 Å². The summed E-state index contributed by atoms with van der Waals surface area (Å²) in [5, 5.41) is 12.3. The average molecular weight is 372 g/mol. The summed E-state index contributed by atoms with van der Waals surface area (Å²) in [6.07, 6.45) is 4.94. The number of aryl methyl sites for hydroxylation is 1. The lowest BCUT2D eigenvalue weighted by Crippen LogP contribution is -2.39. The van der Waals surface area contributed by atoms with Crippen molar-refractivity contribution in [3.8, 4) is 0 Å². The van der Waals surface area contributed by atoms with Gasteiger partial charge in [-0.2, -0.15) is 0 Å². The van der Waals surface area contributed by atoms with Gasteiger partial charge in [0.1, 0.15) is 0 Å². The van der Waals surface area contributed by atoms with Crippen molar-refractivity contribution in [1.82, 2.24) is 10.2 Å². The molecule has 2 atom stereocenters. The summed E-state index contributed by atoms with van der Waals surface area (Å²) >= 11 is 0. The standard InChI is InChI=1S/C21H28N2O4/c1-14-5-4-6-15(9-14)10-16(21(26)27)12-22-20(25)17-11-19(24)23(13-17)18-7-2-3-8-18/h4-6,9,16-18H,2-3,7-8,10-13H2,1H3,(H,22,25)(H,26,27). The summed E-state index contributed by atoms with van der Waals surface area (Å²) in [5.74, 6) is -2.13. The van der Waals surface area contributed by atoms with Crippen LogP contribution in [-0.2, 0) is 20.8 Å². The third kappa shape index (κ3) is 4.87. The first kappa shape index (κ1) is 19.4. The molecule has 6 heteroatoms. The number of likely N-dealkylation sites (tertiary alicyclic amines) is 1. The average Bonchev–Trinajstić information content (AvgIpc) is 3.27. The minimum absolute atomic E-state index is 0.0524. The minimum atomic E-state index is -0.924. The monoisotopic (exact) mass is 372 g/mol. The fraction of sp³-hybridized carbons (Fsp3) is 0.571. The van der Waals surface area contributed by atoms with Crippen molar-refractivity contribution in [3.63, 3.8) is 0 Å². The van der Waals surface area contributed by atoms with Crippen LogP contribution in [0.5, 0.6) is 0 Å². The lowest BCUT2D eigenvalue weighted by molar-refractivity contribution is -0.141. The molecule has 6 nitrogen and oxygen atoms in total. The number of carboxylic acid groups (broad SMARTS) is 1. The van der Waals surface area contributed by atoms with Gasteiger partial charge in [0.2, 0.25) is 11.8 Å². The van der Waals surface area contributed by atoms with Crippen LogP contribution >= 0.6 is 0 Å². The number of carbonyl (C=O) groups excluding carboxylic acids is 2. The number of benzene rings is 1. The molecule has 1 heterocycles. The van der Waals surface area contributed by atoms with Crippen LogP contribution in [0.25, 0.3) is 0 Å². The molecule has 2 fully saturated rings. The fourth-order valence-corrected chi connectivity index (χ4v) is 4.21. The van der Waals surface area contributed by atoms with Crippen molar-refractivity contribution in [2.75, 3.05) is 13.1 Å². The number of rotatable bonds is 7. The molecule has 2 N–H and O–H groups in total. The number of amides is 2. The van der Waals surface area contributed by atoms with Gasteiger partial charge in [-0.25, -0.2) is 0 Å². The molecule has 1 aromatic carbocycles. The van der Waals surface area contributed by atoms with E-state index in [2.05, 4.69) is 5.32 Å². The molecular weight excluding hydrogens is 344 g/mol. The van der Waals surface area contributed by atoms with Gasteiger partial charge < -0.3 is 15.3 Å². The molecular formula is C21H28N2O4. The highest BCUT2D eigenvalue weighted by molar-refractivity contribution is 5.89. The van der Waals surface area contributed by atoms with E-state index in [-0.39, 0.29) is 36.7 Å². The summed E-state index contributed by atoms with van der Waals surface area (Å²) in [6, 6.07) is 8.02. The van der Waals surface area contributed by atoms with Gasteiger partial charge in [-0.05, 0) is 31.7 Å². The van der Waals surface area contributed by atoms with Crippen LogP contribution in [0, 0.1) is 18.8 Å². The molecule has 0 radical (unpaired) electrons. The SMILES string of the molecule is Cc1cccc(CC(CNC(=O)C2CC(=O)N(C3CCCC3)C2)C(=O)O)c1. The van der Waals surface area contributed by atoms with Crippen molar-refractivity contribution in [1.29, 1.82) is 0 Å². The Bertz CT molecular complexity index is 712. The Morgan fingerprint density at radius 3 is 2.70 bits per heavy atom. The smallest absolute Gasteiger partial charge is 0.308 e. The highest BCUT2D eigenvalue weighted by atomic mass is 16.4. The maximum absolute atomic E-state index is 12.5. The van der Waals surface area contributed by atoms with E-state index >= 15 is 0 Å². The number of hydrogen-bond acceptors (Lipinski definition) is 3. The fourth-order valence-electron chi connectivity index (χ4n) is 4.21. The van der Waals surface area contributed by atoms with Gasteiger partial charge in [0, 0.05) is 25.6 Å². The Hall–Kier alpha value is -2.37. The predicted octanol–water partition coefficient (Wildman–Crippen LogP) is 2.15. The zero-order valence-electron chi connectivity index (χ0n) is 15.8. The van der Waals surface area contributed by atoms with Gasteiger partial charge in [0.05, 0.1) is 11.8 Å². The first-order chi connectivity index (χ1) is 12.9. The second kappa shape index (κ2) is 8.55. The van der Waals surface area contributed by atoms with E-state index in [0.29, 0.717) is 13.0 Å². The molecule has 0 spiro atoms. The highest BCUT2D eigenvalue weighted by Gasteiger charge is 2.38. The molecule has 1 aliphatic heterocycles. The Morgan fingerprint density at radius 1 is 1.30 bits per heavy atom. The lowest BCUT2D eigenvalue weighted by Gasteiger charge is -2.24. The van der Waals surface area contributed by atoms with Gasteiger partial charge in [-0.3, -0.25) is 14.4 Å². The molecule has 2 aliphatic rings. The van der Waals surface area contributed by atoms with Crippen LogP contribution in [0.3, 0.4) is 0 Å². The summed E-state index contributed by atoms with van der Waals surface area (Å²) in [5.41, 5.74) is 2.03. The third-order valence-electron chi connectivity index (χ3n) is 5.73. The molecule has 3 rings (SSSR count). The maximum Gasteiger partial charge on any atom is 0.308 e. The number of hydrogen-bond donors (Lipinski definition) is 2. The first-order valence-electron chi connectivity index (χ1n) is 9.79. The number of nitrogens with zero attached hydrogens (tertiary/aromatic N) is 1. The largest absolute Gasteiger partial charge is 0.481 e. The van der Waals surface area contributed by atoms with Gasteiger partial charge in [-0.1, -0.05) is 42.7 Å². The molecule has 0 bridgehead atoms. The Kier molecular flexibility index (Phi) is 6.14. The van der Waals surface area contributed by atoms with Gasteiger partial charge >= 0.3 is 5.97 Å². The van der Waals surface area contributed by atoms with E-state index in [9.17, 15) is 19.5 Å². The van der Waals surface area contributed by atoms with Crippen LogP contribution in [0.15, 0.2) is 24.3 Å². The van der Waals surface area contributed by atoms with E-state index in [4.69, 9.17) is 0 Å². The van der Waals surface area contributed by atoms with Gasteiger partial charge in [0.25, 0.3) is 0 Å². The van der Waals surface area contributed by atoms with Crippen molar-refractivity contribution >= 4 is 17.8 Å². The number of carboxylic acids is 1. The minimum Gasteiger partial charge on any atom is -0.481 e. The first-order valence-corrected chi connectivity index (χ1v) is 9.79. The molecule has 1 saturated heterocycles. The highest BCUT2D eigenvalue weighted by Crippen LogP contribution is 2.29. The third-order valence-corrected chi connectivity index (χ3v) is 5.73. The summed E-state index contributed by atoms with van der Waals surface area (Å²) in [4.78, 5) is 38.2. The van der Waals surface area contributed by atoms with Crippen LogP contribution in [0.4, 0.5) is 0 Å². The number of aliphatic carboxylic acids is 1. The van der Waals surface area contributed by atoms with E-state index in [1.54, 1.807) is 0 Å². The van der Waals surface area contributed by atoms with Crippen molar-refractivity contribution in [3.05, 3.63) is 35.4 Å². The summed E-state index contributed by atoms with van der Waals surface area (Å²) in [7, 11) is 0. The number of nitrogens with one attached hydrogen (secondary N) is 1. The normalized spacial score (nSPS) is 21.4. The van der Waals surface area contributed by atoms with E-state index in [1.807, 2.05) is 36.1 Å². The zero-order chi connectivity index (χ0) is 19.4. The second-order valence-electron chi connectivity index (χ2n) is 7.86. The molecule has 2 amide bonds. The van der Waals surface area contributed by atoms with E-state index < -0.39 is 11.9 Å². The van der Waals surface area contributed by atoms with Crippen molar-refractivity contribution < 1.29 is 19.5 Å². The van der Waals surface area contributed by atoms with Crippen LogP contribution in [-0.4, -0.2) is 46.9 Å². The zero-order valence-corrected chi connectivity index (χ0v) is 15.8. The molecule has 1 aliphatic carbocycles. The Balaban J connectivity index is 1.53. The molecule has 146 valence electrons. The maximum atomic E-state index is 12.5. The van der Waals surface area contributed by atoms with Crippen LogP contribution in [0.1, 0.15) is 43.2 Å². The van der Waals surface area contributed by atoms with Gasteiger partial charge in [-0.15, -0.1) is 0 Å². The second-order valence-corrected chi connectivity index (χ2v) is 7.86. The van der Waals surface area contributed by atoms with E-state index in [1.165, 1.54) is 0 Å². The molecule has 1 saturated carbocycles. The van der Waals surface area contributed by atoms with Crippen LogP contribution in [0.2, 0.25) is 0 Å².